The fraction of sp³-hybridized carbons (Fsp3) is 0.611. The maximum Gasteiger partial charge on any atom is 0.317 e. The number of phenolic OH excluding ortho intramolecular Hbond substituents is 2. The number of carbonyl (C=O) groups is 1. The molecule has 1 saturated heterocycles. The van der Waals surface area contributed by atoms with E-state index in [1.165, 1.54) is 6.07 Å². The number of nitrogens with zero attached hydrogens (tertiary/aromatic N) is 1. The zero-order valence-electron chi connectivity index (χ0n) is 14.1. The highest BCUT2D eigenvalue weighted by atomic mass is 16.3. The molecule has 0 radical (unpaired) electrons. The molecule has 1 fully saturated rings. The van der Waals surface area contributed by atoms with Gasteiger partial charge in [0.1, 0.15) is 11.5 Å². The molecule has 1 aromatic carbocycles. The van der Waals surface area contributed by atoms with Gasteiger partial charge in [0.05, 0.1) is 0 Å². The van der Waals surface area contributed by atoms with Crippen molar-refractivity contribution < 1.29 is 15.0 Å². The van der Waals surface area contributed by atoms with Gasteiger partial charge in [-0.25, -0.2) is 4.79 Å². The van der Waals surface area contributed by atoms with Gasteiger partial charge in [0, 0.05) is 25.7 Å². The van der Waals surface area contributed by atoms with Crippen LogP contribution in [0.25, 0.3) is 0 Å². The van der Waals surface area contributed by atoms with E-state index in [1.807, 2.05) is 4.90 Å². The number of hydrogen-bond donors (Lipinski definition) is 3. The molecule has 0 aromatic heterocycles. The quantitative estimate of drug-likeness (QED) is 0.778. The van der Waals surface area contributed by atoms with Crippen LogP contribution >= 0.6 is 0 Å². The fourth-order valence-electron chi connectivity index (χ4n) is 3.19. The van der Waals surface area contributed by atoms with Crippen LogP contribution < -0.4 is 5.32 Å². The van der Waals surface area contributed by atoms with Crippen LogP contribution in [0.4, 0.5) is 4.79 Å². The molecule has 128 valence electrons. The number of benzene rings is 1. The van der Waals surface area contributed by atoms with Crippen molar-refractivity contribution >= 4 is 6.03 Å². The summed E-state index contributed by atoms with van der Waals surface area (Å²) in [4.78, 5) is 14.1. The Kier molecular flexibility index (Phi) is 6.13. The lowest BCUT2D eigenvalue weighted by molar-refractivity contribution is 0.179. The predicted octanol–water partition coefficient (Wildman–Crippen LogP) is 3.42. The SMILES string of the molecule is CCC(CC)CNC(=O)N1CCC(c2ccc(O)cc2O)CC1. The first-order chi connectivity index (χ1) is 11.0. The van der Waals surface area contributed by atoms with Gasteiger partial charge in [-0.1, -0.05) is 32.8 Å². The summed E-state index contributed by atoms with van der Waals surface area (Å²) in [6.45, 7) is 6.43. The minimum absolute atomic E-state index is 0.0188. The van der Waals surface area contributed by atoms with Gasteiger partial charge in [-0.15, -0.1) is 0 Å². The molecular formula is C18H28N2O3. The van der Waals surface area contributed by atoms with E-state index < -0.39 is 0 Å². The number of likely N-dealkylation sites (tertiary alicyclic amines) is 1. The Morgan fingerprint density at radius 3 is 2.48 bits per heavy atom. The van der Waals surface area contributed by atoms with Crippen molar-refractivity contribution in [3.05, 3.63) is 23.8 Å². The van der Waals surface area contributed by atoms with Crippen molar-refractivity contribution in [3.63, 3.8) is 0 Å². The normalized spacial score (nSPS) is 15.9. The minimum atomic E-state index is 0.0188. The van der Waals surface area contributed by atoms with E-state index in [0.717, 1.165) is 37.8 Å². The highest BCUT2D eigenvalue weighted by molar-refractivity contribution is 5.74. The molecule has 5 heteroatoms. The van der Waals surface area contributed by atoms with E-state index in [2.05, 4.69) is 19.2 Å². The minimum Gasteiger partial charge on any atom is -0.508 e. The fourth-order valence-corrected chi connectivity index (χ4v) is 3.19. The Labute approximate surface area is 138 Å². The van der Waals surface area contributed by atoms with Crippen molar-refractivity contribution in [2.45, 2.75) is 45.4 Å². The smallest absolute Gasteiger partial charge is 0.317 e. The van der Waals surface area contributed by atoms with Crippen LogP contribution in [-0.2, 0) is 0 Å². The van der Waals surface area contributed by atoms with Crippen molar-refractivity contribution in [1.82, 2.24) is 10.2 Å². The molecular weight excluding hydrogens is 292 g/mol. The molecule has 3 N–H and O–H groups in total. The lowest BCUT2D eigenvalue weighted by Crippen LogP contribution is -2.45. The predicted molar refractivity (Wildman–Crippen MR) is 90.8 cm³/mol. The number of hydrogen-bond acceptors (Lipinski definition) is 3. The molecule has 2 amide bonds. The molecule has 0 unspecified atom stereocenters. The Balaban J connectivity index is 1.84. The van der Waals surface area contributed by atoms with E-state index in [9.17, 15) is 15.0 Å². The molecule has 1 aliphatic rings. The highest BCUT2D eigenvalue weighted by Gasteiger charge is 2.25. The van der Waals surface area contributed by atoms with Crippen molar-refractivity contribution in [3.8, 4) is 11.5 Å². The van der Waals surface area contributed by atoms with Gasteiger partial charge >= 0.3 is 6.03 Å². The van der Waals surface area contributed by atoms with Crippen LogP contribution in [0.1, 0.15) is 51.0 Å². The maximum atomic E-state index is 12.2. The first-order valence-corrected chi connectivity index (χ1v) is 8.59. The number of phenols is 2. The van der Waals surface area contributed by atoms with Gasteiger partial charge in [-0.2, -0.15) is 0 Å². The summed E-state index contributed by atoms with van der Waals surface area (Å²) in [6.07, 6.45) is 3.82. The van der Waals surface area contributed by atoms with Crippen molar-refractivity contribution in [2.75, 3.05) is 19.6 Å². The summed E-state index contributed by atoms with van der Waals surface area (Å²) in [7, 11) is 0. The van der Waals surface area contributed by atoms with Crippen LogP contribution in [-0.4, -0.2) is 40.8 Å². The first-order valence-electron chi connectivity index (χ1n) is 8.59. The van der Waals surface area contributed by atoms with Gasteiger partial charge in [-0.05, 0) is 36.3 Å². The van der Waals surface area contributed by atoms with Gasteiger partial charge in [0.2, 0.25) is 0 Å². The molecule has 5 nitrogen and oxygen atoms in total. The summed E-state index contributed by atoms with van der Waals surface area (Å²) in [6, 6.07) is 4.77. The third-order valence-corrected chi connectivity index (χ3v) is 4.93. The molecule has 0 aliphatic carbocycles. The second-order valence-corrected chi connectivity index (χ2v) is 6.37. The average molecular weight is 320 g/mol. The van der Waals surface area contributed by atoms with Crippen molar-refractivity contribution in [1.29, 1.82) is 0 Å². The largest absolute Gasteiger partial charge is 0.508 e. The Hall–Kier alpha value is -1.91. The molecule has 0 saturated carbocycles. The van der Waals surface area contributed by atoms with Crippen LogP contribution in [0.3, 0.4) is 0 Å². The van der Waals surface area contributed by atoms with Crippen LogP contribution in [0.2, 0.25) is 0 Å². The molecule has 1 aromatic rings. The number of amides is 2. The number of piperidine rings is 1. The van der Waals surface area contributed by atoms with Gasteiger partial charge in [-0.3, -0.25) is 0 Å². The molecule has 0 atom stereocenters. The Morgan fingerprint density at radius 2 is 1.91 bits per heavy atom. The summed E-state index contributed by atoms with van der Waals surface area (Å²) < 4.78 is 0. The summed E-state index contributed by atoms with van der Waals surface area (Å²) in [5.41, 5.74) is 0.861. The van der Waals surface area contributed by atoms with Gasteiger partial charge in [0.15, 0.2) is 0 Å². The number of aromatic hydroxyl groups is 2. The van der Waals surface area contributed by atoms with Gasteiger partial charge < -0.3 is 20.4 Å². The lowest BCUT2D eigenvalue weighted by Gasteiger charge is -2.32. The van der Waals surface area contributed by atoms with E-state index in [-0.39, 0.29) is 23.4 Å². The summed E-state index contributed by atoms with van der Waals surface area (Å²) in [5.74, 6) is 0.996. The van der Waals surface area contributed by atoms with E-state index in [4.69, 9.17) is 0 Å². The standard InChI is InChI=1S/C18H28N2O3/c1-3-13(4-2)12-19-18(23)20-9-7-14(8-10-20)16-6-5-15(21)11-17(16)22/h5-6,11,13-14,21-22H,3-4,7-10,12H2,1-2H3,(H,19,23). The highest BCUT2D eigenvalue weighted by Crippen LogP contribution is 2.35. The molecule has 23 heavy (non-hydrogen) atoms. The topological polar surface area (TPSA) is 72.8 Å². The third-order valence-electron chi connectivity index (χ3n) is 4.93. The van der Waals surface area contributed by atoms with E-state index in [0.29, 0.717) is 19.0 Å². The first kappa shape index (κ1) is 17.4. The van der Waals surface area contributed by atoms with E-state index in [1.54, 1.807) is 12.1 Å². The second-order valence-electron chi connectivity index (χ2n) is 6.37. The number of carbonyl (C=O) groups excluding carboxylic acids is 1. The molecule has 0 bridgehead atoms. The maximum absolute atomic E-state index is 12.2. The van der Waals surface area contributed by atoms with Crippen LogP contribution in [0.15, 0.2) is 18.2 Å². The van der Waals surface area contributed by atoms with Crippen molar-refractivity contribution in [2.24, 2.45) is 5.92 Å². The zero-order chi connectivity index (χ0) is 16.8. The average Bonchev–Trinajstić information content (AvgIpc) is 2.56. The molecule has 2 rings (SSSR count). The molecule has 0 spiro atoms. The molecule has 1 aliphatic heterocycles. The van der Waals surface area contributed by atoms with Crippen LogP contribution in [0.5, 0.6) is 11.5 Å². The number of rotatable bonds is 5. The zero-order valence-corrected chi connectivity index (χ0v) is 14.1. The van der Waals surface area contributed by atoms with Gasteiger partial charge in [0.25, 0.3) is 0 Å². The summed E-state index contributed by atoms with van der Waals surface area (Å²) >= 11 is 0. The van der Waals surface area contributed by atoms with E-state index >= 15 is 0 Å². The lowest BCUT2D eigenvalue weighted by atomic mass is 9.89. The Bertz CT molecular complexity index is 521. The second kappa shape index (κ2) is 8.09. The third kappa shape index (κ3) is 4.53. The summed E-state index contributed by atoms with van der Waals surface area (Å²) in [5, 5.41) is 22.4. The van der Waals surface area contributed by atoms with Crippen LogP contribution in [0, 0.1) is 5.92 Å². The molecule has 1 heterocycles. The Morgan fingerprint density at radius 1 is 1.26 bits per heavy atom. The number of urea groups is 1. The monoisotopic (exact) mass is 320 g/mol. The number of nitrogens with one attached hydrogen (secondary N) is 1.